The first-order valence-electron chi connectivity index (χ1n) is 11.1. The van der Waals surface area contributed by atoms with Crippen LogP contribution in [0.3, 0.4) is 0 Å². The number of hydrogen-bond donors (Lipinski definition) is 2. The molecule has 1 aromatic heterocycles. The molecule has 1 atom stereocenters. The molecule has 2 amide bonds. The third-order valence-electron chi connectivity index (χ3n) is 5.35. The molecule has 3 rings (SSSR count). The van der Waals surface area contributed by atoms with Gasteiger partial charge in [-0.05, 0) is 42.2 Å². The summed E-state index contributed by atoms with van der Waals surface area (Å²) in [5.74, 6) is 1.67. The van der Waals surface area contributed by atoms with Crippen LogP contribution in [0.4, 0.5) is 5.69 Å². The predicted octanol–water partition coefficient (Wildman–Crippen LogP) is 4.10. The highest BCUT2D eigenvalue weighted by molar-refractivity contribution is 7.99. The van der Waals surface area contributed by atoms with Crippen molar-refractivity contribution in [1.82, 2.24) is 20.1 Å². The summed E-state index contributed by atoms with van der Waals surface area (Å²) in [6.07, 6.45) is 0.256. The van der Waals surface area contributed by atoms with Crippen LogP contribution >= 0.6 is 11.8 Å². The van der Waals surface area contributed by atoms with Crippen LogP contribution in [0, 0.1) is 0 Å². The third-order valence-corrected chi connectivity index (χ3v) is 6.37. The van der Waals surface area contributed by atoms with Crippen LogP contribution in [0.1, 0.15) is 49.7 Å². The minimum absolute atomic E-state index is 0.108. The van der Waals surface area contributed by atoms with Gasteiger partial charge in [0, 0.05) is 12.7 Å². The van der Waals surface area contributed by atoms with Crippen molar-refractivity contribution < 1.29 is 14.3 Å². The van der Waals surface area contributed by atoms with Crippen LogP contribution in [0.2, 0.25) is 0 Å². The molecule has 3 aromatic rings. The number of thioether (sulfide) groups is 1. The van der Waals surface area contributed by atoms with Crippen LogP contribution in [0.5, 0.6) is 5.75 Å². The monoisotopic (exact) mass is 481 g/mol. The topological polar surface area (TPSA) is 98.1 Å². The lowest BCUT2D eigenvalue weighted by molar-refractivity contribution is -0.121. The zero-order chi connectivity index (χ0) is 24.7. The average molecular weight is 482 g/mol. The molecule has 0 bridgehead atoms. The van der Waals surface area contributed by atoms with E-state index in [-0.39, 0.29) is 30.0 Å². The second-order valence-corrected chi connectivity index (χ2v) is 9.24. The molecule has 0 aliphatic heterocycles. The van der Waals surface area contributed by atoms with Crippen molar-refractivity contribution in [3.8, 4) is 5.75 Å². The van der Waals surface area contributed by atoms with Crippen molar-refractivity contribution in [2.24, 2.45) is 7.05 Å². The van der Waals surface area contributed by atoms with Gasteiger partial charge in [-0.1, -0.05) is 55.9 Å². The molecular weight excluding hydrogens is 450 g/mol. The Morgan fingerprint density at radius 1 is 1.03 bits per heavy atom. The lowest BCUT2D eigenvalue weighted by atomic mass is 10.0. The maximum Gasteiger partial charge on any atom is 0.234 e. The molecule has 9 heteroatoms. The molecule has 0 saturated carbocycles. The van der Waals surface area contributed by atoms with Crippen molar-refractivity contribution in [3.63, 3.8) is 0 Å². The van der Waals surface area contributed by atoms with Crippen molar-refractivity contribution in [3.05, 3.63) is 65.5 Å². The van der Waals surface area contributed by atoms with E-state index in [0.29, 0.717) is 16.9 Å². The second-order valence-electron chi connectivity index (χ2n) is 8.29. The number of benzene rings is 2. The van der Waals surface area contributed by atoms with Crippen LogP contribution in [0.25, 0.3) is 0 Å². The summed E-state index contributed by atoms with van der Waals surface area (Å²) in [5.41, 5.74) is 2.82. The van der Waals surface area contributed by atoms with Crippen molar-refractivity contribution in [1.29, 1.82) is 0 Å². The molecule has 0 fully saturated rings. The van der Waals surface area contributed by atoms with Gasteiger partial charge in [0.05, 0.1) is 25.3 Å². The highest BCUT2D eigenvalue weighted by Crippen LogP contribution is 2.25. The van der Waals surface area contributed by atoms with Gasteiger partial charge in [-0.15, -0.1) is 10.2 Å². The number of nitrogens with one attached hydrogen (secondary N) is 2. The summed E-state index contributed by atoms with van der Waals surface area (Å²) in [6.45, 7) is 6.05. The van der Waals surface area contributed by atoms with Crippen molar-refractivity contribution in [2.75, 3.05) is 18.2 Å². The maximum atomic E-state index is 12.5. The molecule has 34 heavy (non-hydrogen) atoms. The first-order valence-corrected chi connectivity index (χ1v) is 12.1. The Morgan fingerprint density at radius 3 is 2.41 bits per heavy atom. The molecule has 2 N–H and O–H groups in total. The summed E-state index contributed by atoms with van der Waals surface area (Å²) in [6, 6.07) is 14.9. The fraction of sp³-hybridized carbons (Fsp3) is 0.360. The lowest BCUT2D eigenvalue weighted by Crippen LogP contribution is -2.29. The van der Waals surface area contributed by atoms with Gasteiger partial charge in [0.15, 0.2) is 11.0 Å². The van der Waals surface area contributed by atoms with E-state index in [1.807, 2.05) is 62.5 Å². The number of methoxy groups -OCH3 is 1. The van der Waals surface area contributed by atoms with Crippen molar-refractivity contribution in [2.45, 2.75) is 44.3 Å². The average Bonchev–Trinajstić information content (AvgIpc) is 3.18. The lowest BCUT2D eigenvalue weighted by Gasteiger charge is -2.14. The highest BCUT2D eigenvalue weighted by atomic mass is 32.2. The SMILES string of the molecule is COc1ccc(CC(=O)N[C@H](C)c2nnc(SCC(=O)Nc3ccccc3C(C)C)n2C)cc1. The molecule has 8 nitrogen and oxygen atoms in total. The van der Waals surface area contributed by atoms with Gasteiger partial charge in [0.1, 0.15) is 5.75 Å². The van der Waals surface area contributed by atoms with E-state index in [9.17, 15) is 9.59 Å². The Kier molecular flexibility index (Phi) is 8.70. The number of anilines is 1. The zero-order valence-corrected chi connectivity index (χ0v) is 21.0. The van der Waals surface area contributed by atoms with Gasteiger partial charge in [-0.25, -0.2) is 0 Å². The van der Waals surface area contributed by atoms with Gasteiger partial charge in [0.2, 0.25) is 11.8 Å². The van der Waals surface area contributed by atoms with E-state index in [1.165, 1.54) is 11.8 Å². The van der Waals surface area contributed by atoms with Gasteiger partial charge >= 0.3 is 0 Å². The Balaban J connectivity index is 1.54. The largest absolute Gasteiger partial charge is 0.497 e. The maximum absolute atomic E-state index is 12.5. The fourth-order valence-electron chi connectivity index (χ4n) is 3.55. The second kappa shape index (κ2) is 11.7. The Labute approximate surface area is 204 Å². The Bertz CT molecular complexity index is 1130. The third kappa shape index (κ3) is 6.60. The summed E-state index contributed by atoms with van der Waals surface area (Å²) in [5, 5.41) is 15.0. The normalized spacial score (nSPS) is 11.8. The first kappa shape index (κ1) is 25.3. The summed E-state index contributed by atoms with van der Waals surface area (Å²) >= 11 is 1.30. The first-order chi connectivity index (χ1) is 16.3. The minimum atomic E-state index is -0.329. The molecule has 180 valence electrons. The predicted molar refractivity (Wildman–Crippen MR) is 134 cm³/mol. The van der Waals surface area contributed by atoms with E-state index in [0.717, 1.165) is 22.6 Å². The van der Waals surface area contributed by atoms with E-state index < -0.39 is 0 Å². The van der Waals surface area contributed by atoms with Gasteiger partial charge in [-0.3, -0.25) is 9.59 Å². The zero-order valence-electron chi connectivity index (χ0n) is 20.2. The van der Waals surface area contributed by atoms with E-state index in [4.69, 9.17) is 4.74 Å². The molecule has 0 aliphatic carbocycles. The van der Waals surface area contributed by atoms with Crippen LogP contribution in [0.15, 0.2) is 53.7 Å². The van der Waals surface area contributed by atoms with Crippen LogP contribution in [-0.4, -0.2) is 39.4 Å². The molecule has 0 spiro atoms. The number of para-hydroxylation sites is 1. The van der Waals surface area contributed by atoms with Crippen LogP contribution in [-0.2, 0) is 23.1 Å². The number of carbonyl (C=O) groups is 2. The smallest absolute Gasteiger partial charge is 0.234 e. The molecule has 0 aliphatic rings. The van der Waals surface area contributed by atoms with Gasteiger partial charge in [-0.2, -0.15) is 0 Å². The number of carbonyl (C=O) groups excluding carboxylic acids is 2. The summed E-state index contributed by atoms with van der Waals surface area (Å²) in [7, 11) is 3.44. The number of rotatable bonds is 10. The molecule has 0 saturated heterocycles. The molecule has 0 unspecified atom stereocenters. The number of hydrogen-bond acceptors (Lipinski definition) is 6. The molecule has 0 radical (unpaired) electrons. The number of ether oxygens (including phenoxy) is 1. The van der Waals surface area contributed by atoms with Crippen molar-refractivity contribution >= 4 is 29.3 Å². The highest BCUT2D eigenvalue weighted by Gasteiger charge is 2.19. The van der Waals surface area contributed by atoms with E-state index >= 15 is 0 Å². The van der Waals surface area contributed by atoms with E-state index in [1.54, 1.807) is 11.7 Å². The molecule has 1 heterocycles. The van der Waals surface area contributed by atoms with Crippen LogP contribution < -0.4 is 15.4 Å². The summed E-state index contributed by atoms with van der Waals surface area (Å²) < 4.78 is 6.95. The number of nitrogens with zero attached hydrogens (tertiary/aromatic N) is 3. The van der Waals surface area contributed by atoms with Gasteiger partial charge < -0.3 is 19.9 Å². The Hall–Kier alpha value is -3.33. The standard InChI is InChI=1S/C25H31N5O3S/c1-16(2)20-8-6-7-9-21(20)27-23(32)15-34-25-29-28-24(30(25)4)17(3)26-22(31)14-18-10-12-19(33-5)13-11-18/h6-13,16-17H,14-15H2,1-5H3,(H,26,31)(H,27,32)/t17-/m1/s1. The fourth-order valence-corrected chi connectivity index (χ4v) is 4.26. The minimum Gasteiger partial charge on any atom is -0.497 e. The van der Waals surface area contributed by atoms with E-state index in [2.05, 4.69) is 34.7 Å². The number of amides is 2. The summed E-state index contributed by atoms with van der Waals surface area (Å²) in [4.78, 5) is 25.0. The van der Waals surface area contributed by atoms with Gasteiger partial charge in [0.25, 0.3) is 0 Å². The molecular formula is C25H31N5O3S. The number of aromatic nitrogens is 3. The Morgan fingerprint density at radius 2 is 1.74 bits per heavy atom. The quantitative estimate of drug-likeness (QED) is 0.423. The molecule has 2 aromatic carbocycles.